The van der Waals surface area contributed by atoms with Crippen molar-refractivity contribution >= 4 is 36.6 Å². The van der Waals surface area contributed by atoms with Gasteiger partial charge in [-0.25, -0.2) is 19.5 Å². The smallest absolute Gasteiger partial charge is 0.386 e. The maximum Gasteiger partial charge on any atom is 0.472 e. The van der Waals surface area contributed by atoms with Gasteiger partial charge in [0.2, 0.25) is 0 Å². The molecule has 2 aromatic heterocycles. The molecule has 0 radical (unpaired) electrons. The van der Waals surface area contributed by atoms with Crippen LogP contribution in [-0.4, -0.2) is 54.4 Å². The Labute approximate surface area is 216 Å². The molecule has 37 heavy (non-hydrogen) atoms. The number of nitrogens with one attached hydrogen (secondary N) is 1. The number of nitrogens with zero attached hydrogens (tertiary/aromatic N) is 4. The molecule has 5 unspecified atom stereocenters. The number of imidazole rings is 1. The summed E-state index contributed by atoms with van der Waals surface area (Å²) in [5, 5.41) is 15.0. The first-order valence-electron chi connectivity index (χ1n) is 11.7. The van der Waals surface area contributed by atoms with Gasteiger partial charge < -0.3 is 20.1 Å². The zero-order valence-electron chi connectivity index (χ0n) is 19.5. The Morgan fingerprint density at radius 3 is 2.57 bits per heavy atom. The molecular formula is C24H24N5O6PS. The molecule has 6 rings (SSSR count). The van der Waals surface area contributed by atoms with Gasteiger partial charge in [-0.05, 0) is 11.1 Å². The number of phosphoric ester groups is 1. The first-order chi connectivity index (χ1) is 18.0. The normalized spacial score (nSPS) is 27.3. The monoisotopic (exact) mass is 541 g/mol. The van der Waals surface area contributed by atoms with Crippen LogP contribution in [0, 0.1) is 0 Å². The van der Waals surface area contributed by atoms with Gasteiger partial charge in [0.15, 0.2) is 28.4 Å². The predicted molar refractivity (Wildman–Crippen MR) is 136 cm³/mol. The minimum absolute atomic E-state index is 0.177. The second kappa shape index (κ2) is 10.1. The molecule has 11 nitrogen and oxygen atoms in total. The number of hydrogen-bond acceptors (Lipinski definition) is 10. The van der Waals surface area contributed by atoms with Crippen molar-refractivity contribution in [1.82, 2.24) is 19.5 Å². The highest BCUT2D eigenvalue weighted by Gasteiger charge is 2.53. The van der Waals surface area contributed by atoms with Crippen LogP contribution >= 0.6 is 19.6 Å². The van der Waals surface area contributed by atoms with E-state index in [-0.39, 0.29) is 6.61 Å². The number of ether oxygens (including phenoxy) is 1. The molecule has 0 saturated carbocycles. The van der Waals surface area contributed by atoms with Crippen molar-refractivity contribution in [2.24, 2.45) is 0 Å². The summed E-state index contributed by atoms with van der Waals surface area (Å²) in [5.74, 6) is 1.16. The highest BCUT2D eigenvalue weighted by Crippen LogP contribution is 2.53. The number of fused-ring (bicyclic) bond motifs is 2. The van der Waals surface area contributed by atoms with E-state index in [0.29, 0.717) is 34.4 Å². The second-order valence-electron chi connectivity index (χ2n) is 8.66. The zero-order chi connectivity index (χ0) is 25.4. The fourth-order valence-electron chi connectivity index (χ4n) is 4.40. The fourth-order valence-corrected chi connectivity index (χ4v) is 6.34. The SMILES string of the molecule is O=P1(O)OCC2OC(n3c(SCc4ccccc4)nc4c(NCc5ccccc5)ncnc43)C(O)C2O1. The third-order valence-corrected chi connectivity index (χ3v) is 8.19. The second-order valence-corrected chi connectivity index (χ2v) is 11.0. The van der Waals surface area contributed by atoms with Crippen molar-refractivity contribution in [3.63, 3.8) is 0 Å². The van der Waals surface area contributed by atoms with Gasteiger partial charge in [0, 0.05) is 12.3 Å². The molecule has 0 spiro atoms. The Bertz CT molecular complexity index is 1440. The predicted octanol–water partition coefficient (Wildman–Crippen LogP) is 3.50. The van der Waals surface area contributed by atoms with E-state index in [1.807, 2.05) is 60.7 Å². The van der Waals surface area contributed by atoms with Crippen LogP contribution in [0.5, 0.6) is 0 Å². The average Bonchev–Trinajstić information content (AvgIpc) is 3.44. The molecule has 2 saturated heterocycles. The number of anilines is 1. The lowest BCUT2D eigenvalue weighted by atomic mass is 10.1. The lowest BCUT2D eigenvalue weighted by Crippen LogP contribution is -2.39. The third kappa shape index (κ3) is 5.01. The van der Waals surface area contributed by atoms with Crippen LogP contribution in [0.3, 0.4) is 0 Å². The highest BCUT2D eigenvalue weighted by molar-refractivity contribution is 7.98. The van der Waals surface area contributed by atoms with Gasteiger partial charge in [-0.2, -0.15) is 0 Å². The zero-order valence-corrected chi connectivity index (χ0v) is 21.2. The molecule has 4 heterocycles. The summed E-state index contributed by atoms with van der Waals surface area (Å²) in [5.41, 5.74) is 3.15. The van der Waals surface area contributed by atoms with E-state index in [1.54, 1.807) is 4.57 Å². The number of thioether (sulfide) groups is 1. The third-order valence-electron chi connectivity index (χ3n) is 6.18. The lowest BCUT2D eigenvalue weighted by molar-refractivity contribution is -0.0684. The van der Waals surface area contributed by atoms with Crippen molar-refractivity contribution in [1.29, 1.82) is 0 Å². The van der Waals surface area contributed by atoms with Crippen LogP contribution in [0.15, 0.2) is 72.1 Å². The van der Waals surface area contributed by atoms with E-state index in [2.05, 4.69) is 15.3 Å². The number of rotatable bonds is 7. The standard InChI is InChI=1S/C24H24N5O6PS/c30-19-20-17(12-33-36(31,32)35-20)34-23(19)29-22-18(28-24(29)37-13-16-9-5-2-6-10-16)21(26-14-27-22)25-11-15-7-3-1-4-8-15/h1-10,14,17,19-20,23,30H,11-13H2,(H,31,32)(H,25,26,27). The number of aliphatic hydroxyl groups excluding tert-OH is 1. The number of hydrogen-bond donors (Lipinski definition) is 3. The summed E-state index contributed by atoms with van der Waals surface area (Å²) in [4.78, 5) is 23.5. The van der Waals surface area contributed by atoms with Crippen LogP contribution in [0.2, 0.25) is 0 Å². The van der Waals surface area contributed by atoms with Crippen LogP contribution in [0.4, 0.5) is 5.82 Å². The number of phosphoric acid groups is 1. The van der Waals surface area contributed by atoms with Crippen molar-refractivity contribution < 1.29 is 28.3 Å². The van der Waals surface area contributed by atoms with Crippen molar-refractivity contribution in [3.05, 3.63) is 78.1 Å². The average molecular weight is 542 g/mol. The molecule has 2 aromatic carbocycles. The molecule has 0 bridgehead atoms. The number of aliphatic hydroxyl groups is 1. The molecule has 3 N–H and O–H groups in total. The molecular weight excluding hydrogens is 517 g/mol. The number of aromatic nitrogens is 4. The maximum atomic E-state index is 12.0. The molecule has 4 aromatic rings. The van der Waals surface area contributed by atoms with Crippen molar-refractivity contribution in [3.8, 4) is 0 Å². The minimum atomic E-state index is -4.26. The summed E-state index contributed by atoms with van der Waals surface area (Å²) in [6.07, 6.45) is -2.54. The fraction of sp³-hybridized carbons (Fsp3) is 0.292. The quantitative estimate of drug-likeness (QED) is 0.234. The molecule has 2 fully saturated rings. The van der Waals surface area contributed by atoms with E-state index in [1.165, 1.54) is 18.1 Å². The van der Waals surface area contributed by atoms with E-state index >= 15 is 0 Å². The van der Waals surface area contributed by atoms with Crippen LogP contribution in [-0.2, 0) is 30.6 Å². The van der Waals surface area contributed by atoms with Gasteiger partial charge in [-0.15, -0.1) is 0 Å². The van der Waals surface area contributed by atoms with Crippen molar-refractivity contribution in [2.75, 3.05) is 11.9 Å². The van der Waals surface area contributed by atoms with Crippen LogP contribution < -0.4 is 5.32 Å². The molecule has 2 aliphatic heterocycles. The van der Waals surface area contributed by atoms with Gasteiger partial charge in [0.25, 0.3) is 0 Å². The molecule has 0 amide bonds. The number of benzene rings is 2. The van der Waals surface area contributed by atoms with Crippen molar-refractivity contribution in [2.45, 2.75) is 42.0 Å². The van der Waals surface area contributed by atoms with Gasteiger partial charge in [-0.3, -0.25) is 13.6 Å². The molecule has 2 aliphatic rings. The summed E-state index contributed by atoms with van der Waals surface area (Å²) in [6.45, 7) is 0.361. The summed E-state index contributed by atoms with van der Waals surface area (Å²) < 4.78 is 29.8. The Hall–Kier alpha value is -2.83. The minimum Gasteiger partial charge on any atom is -0.386 e. The first-order valence-corrected chi connectivity index (χ1v) is 14.1. The summed E-state index contributed by atoms with van der Waals surface area (Å²) in [6, 6.07) is 19.8. The molecule has 192 valence electrons. The van der Waals surface area contributed by atoms with Crippen LogP contribution in [0.25, 0.3) is 11.2 Å². The van der Waals surface area contributed by atoms with E-state index in [4.69, 9.17) is 18.8 Å². The largest absolute Gasteiger partial charge is 0.472 e. The van der Waals surface area contributed by atoms with Gasteiger partial charge >= 0.3 is 7.82 Å². The van der Waals surface area contributed by atoms with Gasteiger partial charge in [-0.1, -0.05) is 72.4 Å². The highest BCUT2D eigenvalue weighted by atomic mass is 32.2. The Kier molecular flexibility index (Phi) is 6.72. The van der Waals surface area contributed by atoms with Gasteiger partial charge in [0.1, 0.15) is 24.6 Å². The molecule has 5 atom stereocenters. The molecule has 0 aliphatic carbocycles. The lowest BCUT2D eigenvalue weighted by Gasteiger charge is -2.27. The Morgan fingerprint density at radius 2 is 1.81 bits per heavy atom. The molecule has 13 heteroatoms. The van der Waals surface area contributed by atoms with E-state index in [0.717, 1.165) is 11.1 Å². The summed E-state index contributed by atoms with van der Waals surface area (Å²) in [7, 11) is -4.26. The topological polar surface area (TPSA) is 141 Å². The Balaban J connectivity index is 1.36. The van der Waals surface area contributed by atoms with Gasteiger partial charge in [0.05, 0.1) is 6.61 Å². The maximum absolute atomic E-state index is 12.0. The van der Waals surface area contributed by atoms with E-state index < -0.39 is 32.4 Å². The van der Waals surface area contributed by atoms with Crippen LogP contribution in [0.1, 0.15) is 17.4 Å². The Morgan fingerprint density at radius 1 is 1.08 bits per heavy atom. The van der Waals surface area contributed by atoms with E-state index in [9.17, 15) is 14.6 Å². The summed E-state index contributed by atoms with van der Waals surface area (Å²) >= 11 is 1.46. The first kappa shape index (κ1) is 24.5.